The van der Waals surface area contributed by atoms with Gasteiger partial charge in [-0.2, -0.15) is 0 Å². The topological polar surface area (TPSA) is 108 Å². The van der Waals surface area contributed by atoms with E-state index in [4.69, 9.17) is 24.4 Å². The number of carboxylic acids is 1. The fraction of sp³-hybridized carbons (Fsp3) is 0.808. The van der Waals surface area contributed by atoms with Gasteiger partial charge in [0.05, 0.1) is 36.1 Å². The van der Waals surface area contributed by atoms with Gasteiger partial charge in [0.2, 0.25) is 0 Å². The predicted molar refractivity (Wildman–Crippen MR) is 134 cm³/mol. The summed E-state index contributed by atoms with van der Waals surface area (Å²) in [6.07, 6.45) is 4.51. The van der Waals surface area contributed by atoms with Gasteiger partial charge in [-0.3, -0.25) is 14.4 Å². The number of esters is 2. The Kier molecular flexibility index (Phi) is 20.9. The molecule has 0 saturated heterocycles. The highest BCUT2D eigenvalue weighted by molar-refractivity contribution is 5.76. The van der Waals surface area contributed by atoms with E-state index in [1.165, 1.54) is 0 Å². The van der Waals surface area contributed by atoms with Crippen molar-refractivity contribution in [3.05, 3.63) is 12.7 Å². The zero-order chi connectivity index (χ0) is 27.4. The summed E-state index contributed by atoms with van der Waals surface area (Å²) in [5.41, 5.74) is -1.25. The first kappa shape index (κ1) is 36.6. The molecule has 0 atom stereocenters. The Bertz CT molecular complexity index is 579. The molecule has 8 heteroatoms. The van der Waals surface area contributed by atoms with Crippen molar-refractivity contribution in [3.8, 4) is 0 Å². The van der Waals surface area contributed by atoms with Crippen LogP contribution in [0.15, 0.2) is 12.7 Å². The Hall–Kier alpha value is -1.93. The highest BCUT2D eigenvalue weighted by atomic mass is 17.2. The van der Waals surface area contributed by atoms with E-state index in [1.54, 1.807) is 19.9 Å². The molecule has 0 aliphatic rings. The fourth-order valence-electron chi connectivity index (χ4n) is 1.40. The van der Waals surface area contributed by atoms with Crippen molar-refractivity contribution in [1.29, 1.82) is 0 Å². The second kappa shape index (κ2) is 19.4. The van der Waals surface area contributed by atoms with Crippen LogP contribution in [0.25, 0.3) is 0 Å². The van der Waals surface area contributed by atoms with Crippen LogP contribution in [0, 0.1) is 16.2 Å². The van der Waals surface area contributed by atoms with Crippen LogP contribution in [0.3, 0.4) is 0 Å². The van der Waals surface area contributed by atoms with Crippen molar-refractivity contribution in [1.82, 2.24) is 0 Å². The normalized spacial score (nSPS) is 11.2. The van der Waals surface area contributed by atoms with Crippen LogP contribution in [-0.4, -0.2) is 49.4 Å². The van der Waals surface area contributed by atoms with Crippen molar-refractivity contribution >= 4 is 17.9 Å². The van der Waals surface area contributed by atoms with E-state index >= 15 is 0 Å². The highest BCUT2D eigenvalue weighted by Gasteiger charge is 2.27. The number of ether oxygens (including phenoxy) is 2. The van der Waals surface area contributed by atoms with Crippen LogP contribution in [-0.2, 0) is 33.6 Å². The lowest BCUT2D eigenvalue weighted by Crippen LogP contribution is -2.26. The minimum atomic E-state index is -0.722. The van der Waals surface area contributed by atoms with Crippen molar-refractivity contribution < 1.29 is 38.7 Å². The van der Waals surface area contributed by atoms with Crippen molar-refractivity contribution in [2.24, 2.45) is 16.2 Å². The van der Waals surface area contributed by atoms with E-state index in [-0.39, 0.29) is 17.4 Å². The number of carbonyl (C=O) groups is 3. The molecule has 1 N–H and O–H groups in total. The van der Waals surface area contributed by atoms with Crippen molar-refractivity contribution in [2.75, 3.05) is 26.4 Å². The molecule has 34 heavy (non-hydrogen) atoms. The third kappa shape index (κ3) is 18.5. The van der Waals surface area contributed by atoms with Crippen LogP contribution >= 0.6 is 0 Å². The molecule has 0 aromatic heterocycles. The standard InChI is InChI=1S/C12H22O4.C8H16O2.C6H12O2/c1-5-8-15-16-10-7-9-14-11(13)12(3,4)6-2;1-5-8(3,4)7(9)10-6-2;1-4-6(2,3)5(7)8/h5H,1,6-10H2,2-4H3;5-6H2,1-4H3;4H2,1-3H3,(H,7,8). The maximum atomic E-state index is 11.5. The number of rotatable bonds is 14. The SMILES string of the molecule is C=CCOOCCCOC(=O)C(C)(C)CC.CCC(C)(C)C(=O)O.CCOC(=O)C(C)(C)CC. The maximum Gasteiger partial charge on any atom is 0.311 e. The Morgan fingerprint density at radius 1 is 0.735 bits per heavy atom. The number of hydrogen-bond donors (Lipinski definition) is 1. The van der Waals surface area contributed by atoms with Gasteiger partial charge in [0, 0.05) is 6.42 Å². The van der Waals surface area contributed by atoms with Crippen molar-refractivity contribution in [3.63, 3.8) is 0 Å². The van der Waals surface area contributed by atoms with E-state index in [9.17, 15) is 14.4 Å². The zero-order valence-electron chi connectivity index (χ0n) is 23.2. The first-order valence-electron chi connectivity index (χ1n) is 12.0. The minimum Gasteiger partial charge on any atom is -0.481 e. The largest absolute Gasteiger partial charge is 0.481 e. The average molecular weight is 491 g/mol. The van der Waals surface area contributed by atoms with Gasteiger partial charge in [-0.05, 0) is 67.7 Å². The third-order valence-electron chi connectivity index (χ3n) is 5.49. The Labute approximate surface area is 207 Å². The van der Waals surface area contributed by atoms with Crippen LogP contribution in [0.2, 0.25) is 0 Å². The summed E-state index contributed by atoms with van der Waals surface area (Å²) in [4.78, 5) is 42.4. The molecule has 0 aliphatic heterocycles. The summed E-state index contributed by atoms with van der Waals surface area (Å²) in [6, 6.07) is 0. The first-order chi connectivity index (χ1) is 15.6. The molecule has 0 aliphatic carbocycles. The molecule has 0 fully saturated rings. The molecule has 8 nitrogen and oxygen atoms in total. The van der Waals surface area contributed by atoms with Crippen LogP contribution in [0.4, 0.5) is 0 Å². The lowest BCUT2D eigenvalue weighted by Gasteiger charge is -2.20. The van der Waals surface area contributed by atoms with Gasteiger partial charge in [-0.1, -0.05) is 26.8 Å². The summed E-state index contributed by atoms with van der Waals surface area (Å²) >= 11 is 0. The number of hydrogen-bond acceptors (Lipinski definition) is 7. The lowest BCUT2D eigenvalue weighted by atomic mass is 9.91. The molecule has 0 radical (unpaired) electrons. The van der Waals surface area contributed by atoms with E-state index in [0.29, 0.717) is 39.3 Å². The number of carboxylic acid groups (broad SMARTS) is 1. The van der Waals surface area contributed by atoms with Gasteiger partial charge in [0.25, 0.3) is 0 Å². The van der Waals surface area contributed by atoms with E-state index in [1.807, 2.05) is 55.4 Å². The smallest absolute Gasteiger partial charge is 0.311 e. The van der Waals surface area contributed by atoms with Gasteiger partial charge < -0.3 is 14.6 Å². The summed E-state index contributed by atoms with van der Waals surface area (Å²) in [5, 5.41) is 8.44. The first-order valence-corrected chi connectivity index (χ1v) is 12.0. The molecule has 0 spiro atoms. The summed E-state index contributed by atoms with van der Waals surface area (Å²) < 4.78 is 9.97. The summed E-state index contributed by atoms with van der Waals surface area (Å²) in [7, 11) is 0. The zero-order valence-corrected chi connectivity index (χ0v) is 23.2. The average Bonchev–Trinajstić information content (AvgIpc) is 2.79. The monoisotopic (exact) mass is 490 g/mol. The molecule has 0 amide bonds. The molecular weight excluding hydrogens is 440 g/mol. The Morgan fingerprint density at radius 2 is 1.18 bits per heavy atom. The molecule has 202 valence electrons. The van der Waals surface area contributed by atoms with Crippen LogP contribution in [0.1, 0.15) is 94.9 Å². The molecule has 0 aromatic rings. The molecule has 0 aromatic carbocycles. The van der Waals surface area contributed by atoms with Gasteiger partial charge in [-0.25, -0.2) is 9.78 Å². The maximum absolute atomic E-state index is 11.5. The molecule has 0 bridgehead atoms. The fourth-order valence-corrected chi connectivity index (χ4v) is 1.40. The second-order valence-corrected chi connectivity index (χ2v) is 9.62. The third-order valence-corrected chi connectivity index (χ3v) is 5.49. The van der Waals surface area contributed by atoms with Gasteiger partial charge in [0.1, 0.15) is 6.61 Å². The Morgan fingerprint density at radius 3 is 1.50 bits per heavy atom. The van der Waals surface area contributed by atoms with Crippen LogP contribution in [0.5, 0.6) is 0 Å². The van der Waals surface area contributed by atoms with Gasteiger partial charge >= 0.3 is 17.9 Å². The lowest BCUT2D eigenvalue weighted by molar-refractivity contribution is -0.287. The number of aliphatic carboxylic acids is 1. The molecule has 0 heterocycles. The van der Waals surface area contributed by atoms with Crippen LogP contribution < -0.4 is 0 Å². The minimum absolute atomic E-state index is 0.0995. The van der Waals surface area contributed by atoms with E-state index in [2.05, 4.69) is 6.58 Å². The molecular formula is C26H50O8. The second-order valence-electron chi connectivity index (χ2n) is 9.62. The van der Waals surface area contributed by atoms with Gasteiger partial charge in [-0.15, -0.1) is 6.58 Å². The number of carbonyl (C=O) groups excluding carboxylic acids is 2. The Balaban J connectivity index is -0.000000458. The summed E-state index contributed by atoms with van der Waals surface area (Å²) in [5.74, 6) is -0.987. The van der Waals surface area contributed by atoms with Gasteiger partial charge in [0.15, 0.2) is 0 Å². The molecule has 0 rings (SSSR count). The van der Waals surface area contributed by atoms with E-state index in [0.717, 1.165) is 12.8 Å². The molecule has 0 unspecified atom stereocenters. The molecule has 0 saturated carbocycles. The highest BCUT2D eigenvalue weighted by Crippen LogP contribution is 2.22. The quantitative estimate of drug-likeness (QED) is 0.104. The predicted octanol–water partition coefficient (Wildman–Crippen LogP) is 5.98. The van der Waals surface area contributed by atoms with Crippen molar-refractivity contribution in [2.45, 2.75) is 94.9 Å². The summed E-state index contributed by atoms with van der Waals surface area (Å²) in [6.45, 7) is 23.7. The van der Waals surface area contributed by atoms with E-state index < -0.39 is 16.8 Å².